The average Bonchev–Trinajstić information content (AvgIpc) is 2.40. The minimum Gasteiger partial charge on any atom is -0.384 e. The van der Waals surface area contributed by atoms with E-state index in [-0.39, 0.29) is 0 Å². The fourth-order valence-corrected chi connectivity index (χ4v) is 1.68. The number of anilines is 3. The number of rotatable bonds is 5. The van der Waals surface area contributed by atoms with Gasteiger partial charge in [0.1, 0.15) is 0 Å². The van der Waals surface area contributed by atoms with Gasteiger partial charge in [0, 0.05) is 12.2 Å². The summed E-state index contributed by atoms with van der Waals surface area (Å²) in [5, 5.41) is 6.67. The van der Waals surface area contributed by atoms with Crippen molar-refractivity contribution in [2.75, 3.05) is 17.2 Å². The van der Waals surface area contributed by atoms with Crippen molar-refractivity contribution in [1.29, 1.82) is 0 Å². The fraction of sp³-hybridized carbons (Fsp3) is 0.267. The summed E-state index contributed by atoms with van der Waals surface area (Å²) in [4.78, 5) is 4.23. The van der Waals surface area contributed by atoms with Crippen LogP contribution in [0.4, 0.5) is 17.1 Å². The highest BCUT2D eigenvalue weighted by molar-refractivity contribution is 5.63. The number of hydrogen-bond acceptors (Lipinski definition) is 3. The lowest BCUT2D eigenvalue weighted by Crippen LogP contribution is -2.00. The first-order chi connectivity index (χ1) is 8.78. The second-order valence-electron chi connectivity index (χ2n) is 4.38. The van der Waals surface area contributed by atoms with Crippen molar-refractivity contribution in [3.8, 4) is 0 Å². The summed E-state index contributed by atoms with van der Waals surface area (Å²) in [6.07, 6.45) is 4.78. The Morgan fingerprint density at radius 2 is 1.72 bits per heavy atom. The Kier molecular flexibility index (Phi) is 4.18. The van der Waals surface area contributed by atoms with Crippen LogP contribution in [-0.4, -0.2) is 11.5 Å². The van der Waals surface area contributed by atoms with E-state index in [1.165, 1.54) is 5.56 Å². The van der Waals surface area contributed by atoms with Crippen molar-refractivity contribution < 1.29 is 0 Å². The van der Waals surface area contributed by atoms with Gasteiger partial charge < -0.3 is 10.6 Å². The van der Waals surface area contributed by atoms with Crippen LogP contribution in [0.3, 0.4) is 0 Å². The monoisotopic (exact) mass is 241 g/mol. The zero-order valence-corrected chi connectivity index (χ0v) is 10.9. The molecular formula is C15H19N3. The van der Waals surface area contributed by atoms with E-state index in [0.717, 1.165) is 30.0 Å². The highest BCUT2D eigenvalue weighted by atomic mass is 14.9. The van der Waals surface area contributed by atoms with Crippen LogP contribution in [0.1, 0.15) is 18.9 Å². The molecular weight excluding hydrogens is 222 g/mol. The van der Waals surface area contributed by atoms with Gasteiger partial charge in [-0.25, -0.2) is 0 Å². The molecule has 0 aliphatic heterocycles. The van der Waals surface area contributed by atoms with Crippen molar-refractivity contribution in [3.05, 3.63) is 48.3 Å². The Labute approximate surface area is 108 Å². The summed E-state index contributed by atoms with van der Waals surface area (Å²) in [6.45, 7) is 5.20. The minimum atomic E-state index is 0.968. The molecule has 0 saturated heterocycles. The first kappa shape index (κ1) is 12.4. The maximum absolute atomic E-state index is 4.23. The van der Waals surface area contributed by atoms with Gasteiger partial charge in [0.25, 0.3) is 0 Å². The second kappa shape index (κ2) is 6.05. The highest BCUT2D eigenvalue weighted by Crippen LogP contribution is 2.19. The normalized spacial score (nSPS) is 10.1. The molecule has 3 heteroatoms. The van der Waals surface area contributed by atoms with Crippen LogP contribution in [-0.2, 0) is 0 Å². The topological polar surface area (TPSA) is 37.0 Å². The zero-order chi connectivity index (χ0) is 12.8. The van der Waals surface area contributed by atoms with Gasteiger partial charge >= 0.3 is 0 Å². The highest BCUT2D eigenvalue weighted by Gasteiger charge is 1.97. The molecule has 18 heavy (non-hydrogen) atoms. The van der Waals surface area contributed by atoms with E-state index in [1.54, 1.807) is 0 Å². The molecule has 0 saturated carbocycles. The Balaban J connectivity index is 2.06. The van der Waals surface area contributed by atoms with Crippen LogP contribution < -0.4 is 10.6 Å². The molecule has 0 unspecified atom stereocenters. The number of pyridine rings is 1. The molecule has 0 aliphatic carbocycles. The second-order valence-corrected chi connectivity index (χ2v) is 4.38. The first-order valence-electron chi connectivity index (χ1n) is 6.30. The summed E-state index contributed by atoms with van der Waals surface area (Å²) in [5.41, 5.74) is 4.39. The first-order valence-corrected chi connectivity index (χ1v) is 6.30. The quantitative estimate of drug-likeness (QED) is 0.832. The van der Waals surface area contributed by atoms with E-state index in [0.29, 0.717) is 0 Å². The van der Waals surface area contributed by atoms with Gasteiger partial charge in [0.2, 0.25) is 0 Å². The number of nitrogens with one attached hydrogen (secondary N) is 2. The molecule has 0 aliphatic rings. The third-order valence-electron chi connectivity index (χ3n) is 2.66. The minimum absolute atomic E-state index is 0.968. The van der Waals surface area contributed by atoms with Crippen molar-refractivity contribution >= 4 is 17.1 Å². The van der Waals surface area contributed by atoms with Gasteiger partial charge in [-0.3, -0.25) is 4.98 Å². The molecule has 0 bridgehead atoms. The van der Waals surface area contributed by atoms with Crippen LogP contribution in [0.2, 0.25) is 0 Å². The van der Waals surface area contributed by atoms with Gasteiger partial charge in [0.05, 0.1) is 23.8 Å². The number of nitrogens with zero attached hydrogens (tertiary/aromatic N) is 1. The third-order valence-corrected chi connectivity index (χ3v) is 2.66. The van der Waals surface area contributed by atoms with E-state index in [4.69, 9.17) is 0 Å². The Morgan fingerprint density at radius 1 is 1.00 bits per heavy atom. The predicted octanol–water partition coefficient (Wildman–Crippen LogP) is 3.96. The number of aromatic nitrogens is 1. The van der Waals surface area contributed by atoms with Gasteiger partial charge in [-0.05, 0) is 31.5 Å². The van der Waals surface area contributed by atoms with Crippen molar-refractivity contribution in [1.82, 2.24) is 4.98 Å². The Bertz CT molecular complexity index is 491. The van der Waals surface area contributed by atoms with Gasteiger partial charge in [-0.2, -0.15) is 0 Å². The number of benzene rings is 1. The molecule has 94 valence electrons. The lowest BCUT2D eigenvalue weighted by atomic mass is 10.2. The van der Waals surface area contributed by atoms with Crippen molar-refractivity contribution in [3.63, 3.8) is 0 Å². The molecule has 2 N–H and O–H groups in total. The zero-order valence-electron chi connectivity index (χ0n) is 10.9. The third kappa shape index (κ3) is 3.48. The van der Waals surface area contributed by atoms with Crippen LogP contribution in [0, 0.1) is 6.92 Å². The molecule has 0 radical (unpaired) electrons. The predicted molar refractivity (Wildman–Crippen MR) is 77.5 cm³/mol. The van der Waals surface area contributed by atoms with Crippen LogP contribution in [0.5, 0.6) is 0 Å². The Morgan fingerprint density at radius 3 is 2.44 bits per heavy atom. The molecule has 2 rings (SSSR count). The summed E-state index contributed by atoms with van der Waals surface area (Å²) in [6, 6.07) is 10.4. The van der Waals surface area contributed by atoms with E-state index in [1.807, 2.05) is 12.4 Å². The maximum Gasteiger partial charge on any atom is 0.0591 e. The Hall–Kier alpha value is -2.03. The molecule has 0 spiro atoms. The number of hydrogen-bond donors (Lipinski definition) is 2. The molecule has 1 aromatic carbocycles. The van der Waals surface area contributed by atoms with Crippen molar-refractivity contribution in [2.45, 2.75) is 20.3 Å². The van der Waals surface area contributed by atoms with E-state index in [2.05, 4.69) is 59.8 Å². The molecule has 1 heterocycles. The average molecular weight is 241 g/mol. The van der Waals surface area contributed by atoms with Gasteiger partial charge in [-0.1, -0.05) is 24.6 Å². The lowest BCUT2D eigenvalue weighted by Gasteiger charge is -2.09. The molecule has 0 fully saturated rings. The van der Waals surface area contributed by atoms with E-state index < -0.39 is 0 Å². The number of aryl methyl sites for hydroxylation is 1. The smallest absolute Gasteiger partial charge is 0.0591 e. The molecule has 1 aromatic heterocycles. The molecule has 2 aromatic rings. The fourth-order valence-electron chi connectivity index (χ4n) is 1.68. The van der Waals surface area contributed by atoms with Gasteiger partial charge in [-0.15, -0.1) is 0 Å². The summed E-state index contributed by atoms with van der Waals surface area (Å²) < 4.78 is 0. The van der Waals surface area contributed by atoms with E-state index >= 15 is 0 Å². The SMILES string of the molecule is CCCNc1cncc(Nc2ccc(C)cc2)c1. The molecule has 3 nitrogen and oxygen atoms in total. The lowest BCUT2D eigenvalue weighted by molar-refractivity contribution is 0.978. The van der Waals surface area contributed by atoms with Gasteiger partial charge in [0.15, 0.2) is 0 Å². The molecule has 0 atom stereocenters. The molecule has 0 amide bonds. The summed E-state index contributed by atoms with van der Waals surface area (Å²) in [7, 11) is 0. The summed E-state index contributed by atoms with van der Waals surface area (Å²) >= 11 is 0. The van der Waals surface area contributed by atoms with Crippen LogP contribution >= 0.6 is 0 Å². The standard InChI is InChI=1S/C15H19N3/c1-3-8-17-14-9-15(11-16-10-14)18-13-6-4-12(2)5-7-13/h4-7,9-11,17-18H,3,8H2,1-2H3. The van der Waals surface area contributed by atoms with E-state index in [9.17, 15) is 0 Å². The van der Waals surface area contributed by atoms with Crippen LogP contribution in [0.25, 0.3) is 0 Å². The largest absolute Gasteiger partial charge is 0.384 e. The maximum atomic E-state index is 4.23. The van der Waals surface area contributed by atoms with Crippen molar-refractivity contribution in [2.24, 2.45) is 0 Å². The summed E-state index contributed by atoms with van der Waals surface area (Å²) in [5.74, 6) is 0. The van der Waals surface area contributed by atoms with Crippen LogP contribution in [0.15, 0.2) is 42.7 Å².